The summed E-state index contributed by atoms with van der Waals surface area (Å²) in [7, 11) is -3.53. The van der Waals surface area contributed by atoms with Crippen molar-refractivity contribution in [2.24, 2.45) is 0 Å². The predicted molar refractivity (Wildman–Crippen MR) is 118 cm³/mol. The van der Waals surface area contributed by atoms with E-state index >= 15 is 0 Å². The average molecular weight is 473 g/mol. The minimum atomic E-state index is -3.53. The van der Waals surface area contributed by atoms with Gasteiger partial charge < -0.3 is 9.84 Å². The van der Waals surface area contributed by atoms with Crippen LogP contribution in [0.1, 0.15) is 18.6 Å². The van der Waals surface area contributed by atoms with Crippen molar-refractivity contribution < 1.29 is 18.3 Å². The van der Waals surface area contributed by atoms with E-state index in [-0.39, 0.29) is 17.6 Å². The lowest BCUT2D eigenvalue weighted by Crippen LogP contribution is -2.50. The van der Waals surface area contributed by atoms with Crippen LogP contribution in [-0.2, 0) is 14.8 Å². The van der Waals surface area contributed by atoms with Crippen molar-refractivity contribution in [3.8, 4) is 0 Å². The highest BCUT2D eigenvalue weighted by Crippen LogP contribution is 2.21. The Morgan fingerprint density at radius 2 is 1.50 bits per heavy atom. The van der Waals surface area contributed by atoms with Crippen molar-refractivity contribution in [1.29, 1.82) is 0 Å². The summed E-state index contributed by atoms with van der Waals surface area (Å²) in [4.78, 5) is 2.29. The molecule has 0 bridgehead atoms. The van der Waals surface area contributed by atoms with Crippen LogP contribution >= 0.6 is 23.2 Å². The van der Waals surface area contributed by atoms with Crippen LogP contribution in [-0.4, -0.2) is 68.2 Å². The van der Waals surface area contributed by atoms with E-state index in [1.54, 1.807) is 12.1 Å². The molecule has 1 fully saturated rings. The zero-order chi connectivity index (χ0) is 21.7. The number of aliphatic hydroxyl groups is 1. The van der Waals surface area contributed by atoms with Gasteiger partial charge in [0.2, 0.25) is 10.0 Å². The van der Waals surface area contributed by atoms with Crippen molar-refractivity contribution in [1.82, 2.24) is 9.21 Å². The standard InChI is InChI=1S/C21H26Cl2N2O4S/c1-16(17-2-4-18(22)5-3-17)29-15-20(26)14-24-10-12-25(13-11-24)30(27,28)21-8-6-19(23)7-9-21/h2-9,16,20,26H,10-15H2,1H3/t16-,20+/m1/s1. The molecule has 2 aromatic rings. The average Bonchev–Trinajstić information content (AvgIpc) is 2.73. The third-order valence-corrected chi connectivity index (χ3v) is 7.55. The van der Waals surface area contributed by atoms with Gasteiger partial charge in [-0.2, -0.15) is 4.31 Å². The molecular formula is C21H26Cl2N2O4S. The second kappa shape index (κ2) is 10.4. The Labute approximate surface area is 188 Å². The van der Waals surface area contributed by atoms with Crippen LogP contribution in [0.2, 0.25) is 10.0 Å². The van der Waals surface area contributed by atoms with Crippen molar-refractivity contribution in [3.63, 3.8) is 0 Å². The molecule has 2 atom stereocenters. The lowest BCUT2D eigenvalue weighted by atomic mass is 10.1. The van der Waals surface area contributed by atoms with Crippen LogP contribution in [0.15, 0.2) is 53.4 Å². The van der Waals surface area contributed by atoms with Gasteiger partial charge in [-0.25, -0.2) is 8.42 Å². The molecule has 1 N–H and O–H groups in total. The number of hydrogen-bond acceptors (Lipinski definition) is 5. The highest BCUT2D eigenvalue weighted by Gasteiger charge is 2.29. The highest BCUT2D eigenvalue weighted by molar-refractivity contribution is 7.89. The second-order valence-corrected chi connectivity index (χ2v) is 10.2. The first-order valence-corrected chi connectivity index (χ1v) is 12.0. The van der Waals surface area contributed by atoms with Gasteiger partial charge in [-0.15, -0.1) is 0 Å². The molecule has 1 saturated heterocycles. The molecule has 3 rings (SSSR count). The SMILES string of the molecule is C[C@@H](OC[C@@H](O)CN1CCN(S(=O)(=O)c2ccc(Cl)cc2)CC1)c1ccc(Cl)cc1. The largest absolute Gasteiger partial charge is 0.389 e. The molecule has 1 aliphatic rings. The Hall–Kier alpha value is -1.19. The van der Waals surface area contributed by atoms with E-state index in [2.05, 4.69) is 4.90 Å². The zero-order valence-corrected chi connectivity index (χ0v) is 19.1. The third kappa shape index (κ3) is 6.17. The van der Waals surface area contributed by atoms with Gasteiger partial charge in [0.25, 0.3) is 0 Å². The van der Waals surface area contributed by atoms with Gasteiger partial charge in [-0.05, 0) is 48.9 Å². The van der Waals surface area contributed by atoms with E-state index in [4.69, 9.17) is 27.9 Å². The van der Waals surface area contributed by atoms with Gasteiger partial charge in [0.1, 0.15) is 0 Å². The maximum absolute atomic E-state index is 12.7. The second-order valence-electron chi connectivity index (χ2n) is 7.34. The molecule has 0 radical (unpaired) electrons. The summed E-state index contributed by atoms with van der Waals surface area (Å²) < 4.78 is 32.7. The highest BCUT2D eigenvalue weighted by atomic mass is 35.5. The molecular weight excluding hydrogens is 447 g/mol. The minimum absolute atomic E-state index is 0.154. The molecule has 0 aliphatic carbocycles. The Morgan fingerprint density at radius 3 is 2.07 bits per heavy atom. The van der Waals surface area contributed by atoms with Crippen molar-refractivity contribution in [2.75, 3.05) is 39.3 Å². The fraction of sp³-hybridized carbons (Fsp3) is 0.429. The van der Waals surface area contributed by atoms with Gasteiger partial charge in [0.15, 0.2) is 0 Å². The quantitative estimate of drug-likeness (QED) is 0.636. The van der Waals surface area contributed by atoms with Crippen molar-refractivity contribution >= 4 is 33.2 Å². The maximum Gasteiger partial charge on any atom is 0.243 e. The summed E-state index contributed by atoms with van der Waals surface area (Å²) in [6, 6.07) is 13.6. The smallest absolute Gasteiger partial charge is 0.243 e. The number of piperazine rings is 1. The molecule has 0 saturated carbocycles. The van der Waals surface area contributed by atoms with E-state index in [0.29, 0.717) is 42.8 Å². The molecule has 2 aromatic carbocycles. The topological polar surface area (TPSA) is 70.1 Å². The van der Waals surface area contributed by atoms with Crippen LogP contribution in [0.5, 0.6) is 0 Å². The number of benzene rings is 2. The number of β-amino-alcohol motifs (C(OH)–C–C–N with tert-alkyl or cyclic N) is 1. The number of hydrogen-bond donors (Lipinski definition) is 1. The monoisotopic (exact) mass is 472 g/mol. The van der Waals surface area contributed by atoms with E-state index in [0.717, 1.165) is 5.56 Å². The van der Waals surface area contributed by atoms with Gasteiger partial charge in [0, 0.05) is 42.8 Å². The summed E-state index contributed by atoms with van der Waals surface area (Å²) in [5.74, 6) is 0. The molecule has 0 unspecified atom stereocenters. The van der Waals surface area contributed by atoms with Crippen molar-refractivity contribution in [2.45, 2.75) is 24.0 Å². The zero-order valence-electron chi connectivity index (χ0n) is 16.7. The van der Waals surface area contributed by atoms with Crippen LogP contribution < -0.4 is 0 Å². The molecule has 1 aliphatic heterocycles. The summed E-state index contributed by atoms with van der Waals surface area (Å²) in [5.41, 5.74) is 0.993. The van der Waals surface area contributed by atoms with E-state index < -0.39 is 16.1 Å². The summed E-state index contributed by atoms with van der Waals surface area (Å²) in [5, 5.41) is 11.5. The molecule has 1 heterocycles. The first-order valence-electron chi connectivity index (χ1n) is 9.79. The number of rotatable bonds is 8. The molecule has 30 heavy (non-hydrogen) atoms. The van der Waals surface area contributed by atoms with Crippen LogP contribution in [0.3, 0.4) is 0 Å². The molecule has 0 spiro atoms. The number of nitrogens with zero attached hydrogens (tertiary/aromatic N) is 2. The first kappa shape index (κ1) is 23.5. The number of halogens is 2. The number of sulfonamides is 1. The van der Waals surface area contributed by atoms with Gasteiger partial charge in [-0.3, -0.25) is 4.90 Å². The van der Waals surface area contributed by atoms with E-state index in [9.17, 15) is 13.5 Å². The minimum Gasteiger partial charge on any atom is -0.389 e. The van der Waals surface area contributed by atoms with Crippen LogP contribution in [0.4, 0.5) is 0 Å². The Kier molecular flexibility index (Phi) is 8.15. The normalized spacial score (nSPS) is 18.3. The lowest BCUT2D eigenvalue weighted by Gasteiger charge is -2.35. The number of aliphatic hydroxyl groups excluding tert-OH is 1. The van der Waals surface area contributed by atoms with E-state index in [1.165, 1.54) is 16.4 Å². The predicted octanol–water partition coefficient (Wildman–Crippen LogP) is 3.44. The molecule has 164 valence electrons. The fourth-order valence-corrected chi connectivity index (χ4v) is 5.02. The lowest BCUT2D eigenvalue weighted by molar-refractivity contribution is -0.0186. The Morgan fingerprint density at radius 1 is 0.967 bits per heavy atom. The maximum atomic E-state index is 12.7. The summed E-state index contributed by atoms with van der Waals surface area (Å²) >= 11 is 11.7. The van der Waals surface area contributed by atoms with Gasteiger partial charge in [0.05, 0.1) is 23.7 Å². The Balaban J connectivity index is 1.44. The van der Waals surface area contributed by atoms with Gasteiger partial charge in [-0.1, -0.05) is 35.3 Å². The first-order chi connectivity index (χ1) is 14.3. The third-order valence-electron chi connectivity index (χ3n) is 5.13. The van der Waals surface area contributed by atoms with E-state index in [1.807, 2.05) is 31.2 Å². The fourth-order valence-electron chi connectivity index (χ4n) is 3.34. The molecule has 6 nitrogen and oxygen atoms in total. The van der Waals surface area contributed by atoms with Crippen LogP contribution in [0, 0.1) is 0 Å². The van der Waals surface area contributed by atoms with Crippen LogP contribution in [0.25, 0.3) is 0 Å². The summed E-state index contributed by atoms with van der Waals surface area (Å²) in [6.45, 7) is 4.41. The molecule has 9 heteroatoms. The Bertz CT molecular complexity index is 915. The van der Waals surface area contributed by atoms with Crippen molar-refractivity contribution in [3.05, 3.63) is 64.1 Å². The summed E-state index contributed by atoms with van der Waals surface area (Å²) in [6.07, 6.45) is -0.808. The number of ether oxygens (including phenoxy) is 1. The van der Waals surface area contributed by atoms with Gasteiger partial charge >= 0.3 is 0 Å². The molecule has 0 aromatic heterocycles. The molecule has 0 amide bonds.